The van der Waals surface area contributed by atoms with Crippen molar-refractivity contribution in [2.24, 2.45) is 0 Å². The smallest absolute Gasteiger partial charge is 0.211 e. The lowest BCUT2D eigenvalue weighted by atomic mass is 9.90. The lowest BCUT2D eigenvalue weighted by Gasteiger charge is -2.18. The average molecular weight is 1460 g/mol. The van der Waals surface area contributed by atoms with Crippen LogP contribution in [0.2, 0.25) is 0 Å². The van der Waals surface area contributed by atoms with E-state index in [9.17, 15) is 0 Å². The van der Waals surface area contributed by atoms with Crippen LogP contribution >= 0.6 is 0 Å². The van der Waals surface area contributed by atoms with Crippen molar-refractivity contribution in [1.82, 2.24) is 0 Å². The van der Waals surface area contributed by atoms with Crippen molar-refractivity contribution in [3.05, 3.63) is 316 Å². The van der Waals surface area contributed by atoms with Gasteiger partial charge in [0, 0.05) is 142 Å². The van der Waals surface area contributed by atoms with Crippen molar-refractivity contribution >= 4 is 183 Å². The van der Waals surface area contributed by atoms with Gasteiger partial charge in [-0.1, -0.05) is 218 Å². The van der Waals surface area contributed by atoms with Crippen LogP contribution in [0.15, 0.2) is 316 Å². The second-order valence-electron chi connectivity index (χ2n) is 28.5. The Morgan fingerprint density at radius 1 is 0.188 bits per heavy atom. The number of aromatic nitrogens is 2. The van der Waals surface area contributed by atoms with Gasteiger partial charge in [0.25, 0.3) is 0 Å². The molecule has 10 nitrogen and oxygen atoms in total. The lowest BCUT2D eigenvalue weighted by Crippen LogP contribution is -2.18. The van der Waals surface area contributed by atoms with E-state index in [2.05, 4.69) is 325 Å². The van der Waals surface area contributed by atoms with Gasteiger partial charge < -0.3 is 37.9 Å². The number of pyridine rings is 2. The minimum absolute atomic E-state index is 0.313. The summed E-state index contributed by atoms with van der Waals surface area (Å²) in [6, 6.07) is 106. The fourth-order valence-corrected chi connectivity index (χ4v) is 17.5. The van der Waals surface area contributed by atoms with Crippen molar-refractivity contribution < 1.29 is 46.7 Å². The summed E-state index contributed by atoms with van der Waals surface area (Å²) in [5, 5.41) is 34.1. The Kier molecular flexibility index (Phi) is 18.6. The van der Waals surface area contributed by atoms with Crippen LogP contribution in [-0.2, 0) is 18.9 Å². The van der Waals surface area contributed by atoms with Crippen LogP contribution in [-0.4, -0.2) is 81.3 Å². The van der Waals surface area contributed by atoms with Gasteiger partial charge in [0.1, 0.15) is 49.4 Å². The van der Waals surface area contributed by atoms with E-state index >= 15 is 0 Å². The molecule has 19 rings (SSSR count). The van der Waals surface area contributed by atoms with Gasteiger partial charge in [-0.05, 0) is 132 Å². The first-order valence-electron chi connectivity index (χ1n) is 38.3. The van der Waals surface area contributed by atoms with Crippen LogP contribution in [0.4, 0.5) is 0 Å². The van der Waals surface area contributed by atoms with Gasteiger partial charge in [0.05, 0.1) is 26.4 Å². The third-order valence-corrected chi connectivity index (χ3v) is 22.2. The molecule has 10 heteroatoms. The van der Waals surface area contributed by atoms with E-state index in [4.69, 9.17) is 37.9 Å². The highest BCUT2D eigenvalue weighted by Gasteiger charge is 2.23. The van der Waals surface area contributed by atoms with Crippen molar-refractivity contribution in [2.75, 3.05) is 81.3 Å². The fourth-order valence-electron chi connectivity index (χ4n) is 17.5. The summed E-state index contributed by atoms with van der Waals surface area (Å²) in [4.78, 5) is 0. The first-order valence-corrected chi connectivity index (χ1v) is 38.3. The molecule has 544 valence electrons. The van der Waals surface area contributed by atoms with E-state index in [-0.39, 0.29) is 0 Å². The van der Waals surface area contributed by atoms with Crippen molar-refractivity contribution in [1.29, 1.82) is 0 Å². The number of benzene rings is 16. The summed E-state index contributed by atoms with van der Waals surface area (Å²) in [5.74, 6) is 2.72. The molecule has 112 heavy (non-hydrogen) atoms. The zero-order valence-corrected chi connectivity index (χ0v) is 62.8. The first kappa shape index (κ1) is 69.4. The number of ether oxygens (including phenoxy) is 8. The molecule has 3 heterocycles. The molecule has 20 bridgehead atoms. The standard InChI is InChI=1S/C102H80N2O8/c1-105-49-53-109-91-61-92(110-54-50-106-2)88-59-87(91)99-79-39-13-5-31-71(79)95(72-32-6-14-40-80(72)99)65-25-21-29-69(57-65)103-47-23-27-67(63-103)97-75-35-9-17-43-83(75)101(84-44-18-10-36-76(84)97)89-60-90(94(112-56-52-108-4)62-93(89)111-55-51-107-3)102-85-45-19-11-37-77(85)98(78-38-12-20-46-86(78)102)68-28-24-48-104(64-68)70-30-22-26-66(58-70)96-73-33-7-15-41-81(73)100(88)82-42-16-8-34-74(82)96/h5-48,57-64H,49-56H2,1-4H3/q+2. The Hall–Kier alpha value is -13.1. The quantitative estimate of drug-likeness (QED) is 0.0538. The number of hydrogen-bond acceptors (Lipinski definition) is 8. The zero-order chi connectivity index (χ0) is 75.2. The summed E-state index contributed by atoms with van der Waals surface area (Å²) >= 11 is 0. The van der Waals surface area contributed by atoms with Crippen LogP contribution in [0.25, 0.3) is 183 Å². The second-order valence-corrected chi connectivity index (χ2v) is 28.5. The maximum atomic E-state index is 7.02. The predicted octanol–water partition coefficient (Wildman–Crippen LogP) is 23.7. The summed E-state index contributed by atoms with van der Waals surface area (Å²) in [7, 11) is 6.84. The highest BCUT2D eigenvalue weighted by atomic mass is 16.5. The molecule has 0 N–H and O–H groups in total. The molecular formula is C102H80N2O8+2. The van der Waals surface area contributed by atoms with Crippen molar-refractivity contribution in [3.63, 3.8) is 0 Å². The van der Waals surface area contributed by atoms with Gasteiger partial charge in [-0.15, -0.1) is 0 Å². The summed E-state index contributed by atoms with van der Waals surface area (Å²) in [6.45, 7) is 2.80. The third kappa shape index (κ3) is 12.2. The molecule has 0 aliphatic carbocycles. The fraction of sp³-hybridized carbons (Fsp3) is 0.118. The van der Waals surface area contributed by atoms with E-state index in [0.29, 0.717) is 75.9 Å². The molecule has 0 saturated heterocycles. The number of methoxy groups -OCH3 is 4. The average Bonchev–Trinajstić information content (AvgIpc) is 0.725. The highest BCUT2D eigenvalue weighted by Crippen LogP contribution is 2.49. The minimum Gasteiger partial charge on any atom is -0.490 e. The maximum absolute atomic E-state index is 7.02. The van der Waals surface area contributed by atoms with E-state index in [1.807, 2.05) is 0 Å². The Morgan fingerprint density at radius 2 is 0.402 bits per heavy atom. The summed E-state index contributed by atoms with van der Waals surface area (Å²) in [5.41, 5.74) is 2.02. The van der Waals surface area contributed by atoms with Crippen LogP contribution in [0.5, 0.6) is 23.0 Å². The van der Waals surface area contributed by atoms with Crippen LogP contribution in [0.3, 0.4) is 0 Å². The Bertz CT molecular complexity index is 6260. The first-order chi connectivity index (χ1) is 55.5. The second kappa shape index (κ2) is 30.1. The Labute approximate surface area is 646 Å². The molecule has 0 amide bonds. The molecular weight excluding hydrogens is 1380 g/mol. The van der Waals surface area contributed by atoms with Crippen LogP contribution < -0.4 is 27.7 Å². The zero-order valence-electron chi connectivity index (χ0n) is 62.8. The number of fused-ring (bicyclic) bond motifs is 34. The molecule has 0 spiro atoms. The summed E-state index contributed by atoms with van der Waals surface area (Å²) in [6.07, 6.45) is 8.91. The van der Waals surface area contributed by atoms with E-state index < -0.39 is 0 Å². The normalized spacial score (nSPS) is 11.8. The molecule has 3 aromatic heterocycles. The van der Waals surface area contributed by atoms with Gasteiger partial charge in [-0.25, -0.2) is 0 Å². The number of nitrogens with zero attached hydrogens (tertiary/aromatic N) is 2. The maximum Gasteiger partial charge on any atom is 0.211 e. The van der Waals surface area contributed by atoms with Gasteiger partial charge in [-0.2, -0.15) is 8.80 Å². The topological polar surface area (TPSA) is 82.0 Å². The Balaban J connectivity index is 1.02. The summed E-state index contributed by atoms with van der Waals surface area (Å²) < 4.78 is 55.4. The number of hydrogen-bond donors (Lipinski definition) is 0. The van der Waals surface area contributed by atoms with E-state index in [1.165, 1.54) is 0 Å². The van der Waals surface area contributed by atoms with Crippen molar-refractivity contribution in [2.45, 2.75) is 0 Å². The van der Waals surface area contributed by atoms with E-state index in [1.54, 1.807) is 28.4 Å². The highest BCUT2D eigenvalue weighted by molar-refractivity contribution is 6.38. The third-order valence-electron chi connectivity index (χ3n) is 22.2. The largest absolute Gasteiger partial charge is 0.490 e. The number of rotatable bonds is 16. The lowest BCUT2D eigenvalue weighted by molar-refractivity contribution is -0.510. The van der Waals surface area contributed by atoms with Crippen molar-refractivity contribution in [3.8, 4) is 23.0 Å². The minimum atomic E-state index is 0.313. The molecule has 0 aliphatic rings. The van der Waals surface area contributed by atoms with Gasteiger partial charge in [0.15, 0.2) is 24.8 Å². The SMILES string of the molecule is COCCOc1cc(OCCOC)c2cc1c1c3ccccc3c(c3cccc(c3)[n+]3cccc(c3)c3c4ccccc4c(c4cc(c(OCCOC)cc4OCCOC)c4c5ccccc5c(c5ccc[n+](c5)c5cccc(c5)c5c6ccccc6c2c2ccccc25)c2ccccc24)c2ccccc23)c2ccccc21. The Morgan fingerprint density at radius 3 is 0.634 bits per heavy atom. The monoisotopic (exact) mass is 1460 g/mol. The molecule has 0 atom stereocenters. The molecule has 0 saturated carbocycles. The molecule has 0 radical (unpaired) electrons. The molecule has 0 aliphatic heterocycles. The molecule has 19 aromatic rings. The van der Waals surface area contributed by atoms with Gasteiger partial charge in [0.2, 0.25) is 11.0 Å². The van der Waals surface area contributed by atoms with E-state index in [0.717, 1.165) is 183 Å². The predicted molar refractivity (Wildman–Crippen MR) is 464 cm³/mol. The van der Waals surface area contributed by atoms with Crippen LogP contribution in [0.1, 0.15) is 0 Å². The molecule has 0 unspecified atom stereocenters. The van der Waals surface area contributed by atoms with Gasteiger partial charge in [-0.3, -0.25) is 0 Å². The molecule has 0 fully saturated rings. The van der Waals surface area contributed by atoms with Crippen LogP contribution in [0, 0.1) is 0 Å². The van der Waals surface area contributed by atoms with Gasteiger partial charge >= 0.3 is 0 Å². The molecule has 16 aromatic carbocycles.